The van der Waals surface area contributed by atoms with E-state index in [9.17, 15) is 0 Å². The summed E-state index contributed by atoms with van der Waals surface area (Å²) in [5.41, 5.74) is 3.58. The van der Waals surface area contributed by atoms with Crippen LogP contribution in [0.2, 0.25) is 5.02 Å². The number of hydrogen-bond donors (Lipinski definition) is 1. The summed E-state index contributed by atoms with van der Waals surface area (Å²) in [6.45, 7) is 2.10. The van der Waals surface area contributed by atoms with Crippen LogP contribution in [0.5, 0.6) is 0 Å². The van der Waals surface area contributed by atoms with Gasteiger partial charge in [0.25, 0.3) is 6.01 Å². The van der Waals surface area contributed by atoms with E-state index in [0.29, 0.717) is 11.0 Å². The summed E-state index contributed by atoms with van der Waals surface area (Å²) in [6, 6.07) is 14.0. The van der Waals surface area contributed by atoms with Crippen molar-refractivity contribution in [1.29, 1.82) is 0 Å². The number of para-hydroxylation sites is 2. The molecular weight excluding hydrogens is 260 g/mol. The molecule has 0 saturated heterocycles. The van der Waals surface area contributed by atoms with Crippen LogP contribution in [-0.2, 0) is 6.42 Å². The molecule has 0 fully saturated rings. The van der Waals surface area contributed by atoms with Crippen LogP contribution in [0, 0.1) is 0 Å². The van der Waals surface area contributed by atoms with E-state index in [2.05, 4.69) is 17.2 Å². The summed E-state index contributed by atoms with van der Waals surface area (Å²) >= 11 is 6.22. The van der Waals surface area contributed by atoms with Gasteiger partial charge in [-0.2, -0.15) is 4.98 Å². The van der Waals surface area contributed by atoms with Crippen LogP contribution in [0.3, 0.4) is 0 Å². The highest BCUT2D eigenvalue weighted by Crippen LogP contribution is 2.28. The van der Waals surface area contributed by atoms with Gasteiger partial charge in [-0.1, -0.05) is 36.7 Å². The molecule has 1 aromatic heterocycles. The molecule has 0 aliphatic carbocycles. The maximum atomic E-state index is 6.22. The first-order valence-electron chi connectivity index (χ1n) is 6.17. The zero-order chi connectivity index (χ0) is 13.2. The van der Waals surface area contributed by atoms with E-state index in [-0.39, 0.29) is 0 Å². The Morgan fingerprint density at radius 2 is 2.05 bits per heavy atom. The number of benzene rings is 2. The molecule has 19 heavy (non-hydrogen) atoms. The van der Waals surface area contributed by atoms with E-state index < -0.39 is 0 Å². The van der Waals surface area contributed by atoms with Crippen LogP contribution >= 0.6 is 11.6 Å². The maximum absolute atomic E-state index is 6.22. The number of aryl methyl sites for hydroxylation is 1. The van der Waals surface area contributed by atoms with Gasteiger partial charge in [-0.15, -0.1) is 0 Å². The fourth-order valence-corrected chi connectivity index (χ4v) is 2.17. The molecule has 2 aromatic carbocycles. The second-order valence-corrected chi connectivity index (χ2v) is 4.69. The van der Waals surface area contributed by atoms with Crippen LogP contribution in [0.4, 0.5) is 11.7 Å². The van der Waals surface area contributed by atoms with Crippen molar-refractivity contribution in [3.63, 3.8) is 0 Å². The zero-order valence-electron chi connectivity index (χ0n) is 10.5. The lowest BCUT2D eigenvalue weighted by molar-refractivity contribution is 0.623. The molecule has 0 aliphatic heterocycles. The Labute approximate surface area is 116 Å². The number of halogens is 1. The molecule has 0 radical (unpaired) electrons. The quantitative estimate of drug-likeness (QED) is 0.745. The average molecular weight is 273 g/mol. The molecule has 3 rings (SSSR count). The minimum absolute atomic E-state index is 0.451. The van der Waals surface area contributed by atoms with Crippen LogP contribution < -0.4 is 5.32 Å². The molecule has 96 valence electrons. The molecule has 0 amide bonds. The standard InChI is InChI=1S/C15H13ClN2O/c1-2-10-7-8-12(11(16)9-10)17-15-18-13-5-3-4-6-14(13)19-15/h3-9H,2H2,1H3,(H,17,18). The molecule has 0 unspecified atom stereocenters. The Kier molecular flexibility index (Phi) is 3.13. The van der Waals surface area contributed by atoms with E-state index in [0.717, 1.165) is 23.2 Å². The Balaban J connectivity index is 1.92. The Morgan fingerprint density at radius 3 is 2.79 bits per heavy atom. The highest BCUT2D eigenvalue weighted by molar-refractivity contribution is 6.33. The number of oxazole rings is 1. The first kappa shape index (κ1) is 12.1. The number of rotatable bonds is 3. The fraction of sp³-hybridized carbons (Fsp3) is 0.133. The molecular formula is C15H13ClN2O. The highest BCUT2D eigenvalue weighted by atomic mass is 35.5. The van der Waals surface area contributed by atoms with Gasteiger partial charge in [0.05, 0.1) is 10.7 Å². The van der Waals surface area contributed by atoms with Crippen molar-refractivity contribution in [1.82, 2.24) is 4.98 Å². The van der Waals surface area contributed by atoms with Gasteiger partial charge in [0.15, 0.2) is 5.58 Å². The van der Waals surface area contributed by atoms with Gasteiger partial charge < -0.3 is 9.73 Å². The minimum atomic E-state index is 0.451. The molecule has 3 nitrogen and oxygen atoms in total. The third-order valence-electron chi connectivity index (χ3n) is 2.98. The lowest BCUT2D eigenvalue weighted by Crippen LogP contribution is -1.92. The van der Waals surface area contributed by atoms with Gasteiger partial charge in [-0.3, -0.25) is 0 Å². The summed E-state index contributed by atoms with van der Waals surface area (Å²) in [5, 5.41) is 3.77. The van der Waals surface area contributed by atoms with Crippen molar-refractivity contribution in [3.05, 3.63) is 53.1 Å². The van der Waals surface area contributed by atoms with Gasteiger partial charge in [0, 0.05) is 0 Å². The van der Waals surface area contributed by atoms with Crippen LogP contribution in [0.25, 0.3) is 11.1 Å². The van der Waals surface area contributed by atoms with E-state index in [1.165, 1.54) is 5.56 Å². The molecule has 0 atom stereocenters. The topological polar surface area (TPSA) is 38.1 Å². The number of anilines is 2. The SMILES string of the molecule is CCc1ccc(Nc2nc3ccccc3o2)c(Cl)c1. The van der Waals surface area contributed by atoms with E-state index in [4.69, 9.17) is 16.0 Å². The van der Waals surface area contributed by atoms with E-state index >= 15 is 0 Å². The van der Waals surface area contributed by atoms with Crippen molar-refractivity contribution in [2.24, 2.45) is 0 Å². The van der Waals surface area contributed by atoms with Crippen LogP contribution in [0.1, 0.15) is 12.5 Å². The third kappa shape index (κ3) is 2.42. The number of hydrogen-bond acceptors (Lipinski definition) is 3. The van der Waals surface area contributed by atoms with Crippen molar-refractivity contribution in [2.45, 2.75) is 13.3 Å². The normalized spacial score (nSPS) is 10.8. The highest BCUT2D eigenvalue weighted by Gasteiger charge is 2.07. The number of fused-ring (bicyclic) bond motifs is 1. The fourth-order valence-electron chi connectivity index (χ4n) is 1.92. The van der Waals surface area contributed by atoms with E-state index in [1.807, 2.05) is 42.5 Å². The number of nitrogens with zero attached hydrogens (tertiary/aromatic N) is 1. The Morgan fingerprint density at radius 1 is 1.21 bits per heavy atom. The monoisotopic (exact) mass is 272 g/mol. The van der Waals surface area contributed by atoms with Gasteiger partial charge in [0.1, 0.15) is 5.52 Å². The van der Waals surface area contributed by atoms with Crippen molar-refractivity contribution < 1.29 is 4.42 Å². The van der Waals surface area contributed by atoms with Crippen molar-refractivity contribution >= 4 is 34.4 Å². The molecule has 0 saturated carbocycles. The second kappa shape index (κ2) is 4.94. The van der Waals surface area contributed by atoms with Gasteiger partial charge >= 0.3 is 0 Å². The summed E-state index contributed by atoms with van der Waals surface area (Å²) in [5.74, 6) is 0. The number of nitrogens with one attached hydrogen (secondary N) is 1. The molecule has 0 spiro atoms. The largest absolute Gasteiger partial charge is 0.423 e. The summed E-state index contributed by atoms with van der Waals surface area (Å²) in [7, 11) is 0. The van der Waals surface area contributed by atoms with Gasteiger partial charge in [-0.05, 0) is 36.2 Å². The third-order valence-corrected chi connectivity index (χ3v) is 3.29. The van der Waals surface area contributed by atoms with Crippen molar-refractivity contribution in [2.75, 3.05) is 5.32 Å². The first-order valence-corrected chi connectivity index (χ1v) is 6.55. The maximum Gasteiger partial charge on any atom is 0.300 e. The predicted octanol–water partition coefficient (Wildman–Crippen LogP) is 4.79. The van der Waals surface area contributed by atoms with Crippen LogP contribution in [0.15, 0.2) is 46.9 Å². The van der Waals surface area contributed by atoms with Crippen LogP contribution in [-0.4, -0.2) is 4.98 Å². The lowest BCUT2D eigenvalue weighted by atomic mass is 10.1. The number of aromatic nitrogens is 1. The Hall–Kier alpha value is -2.00. The smallest absolute Gasteiger partial charge is 0.300 e. The zero-order valence-corrected chi connectivity index (χ0v) is 11.2. The van der Waals surface area contributed by atoms with E-state index in [1.54, 1.807) is 0 Å². The second-order valence-electron chi connectivity index (χ2n) is 4.28. The summed E-state index contributed by atoms with van der Waals surface area (Å²) in [4.78, 5) is 4.36. The lowest BCUT2D eigenvalue weighted by Gasteiger charge is -2.05. The average Bonchev–Trinajstić information content (AvgIpc) is 2.83. The summed E-state index contributed by atoms with van der Waals surface area (Å²) in [6.07, 6.45) is 0.961. The molecule has 0 bridgehead atoms. The predicted molar refractivity (Wildman–Crippen MR) is 78.1 cm³/mol. The molecule has 3 aromatic rings. The molecule has 1 N–H and O–H groups in total. The van der Waals surface area contributed by atoms with Gasteiger partial charge in [0.2, 0.25) is 0 Å². The van der Waals surface area contributed by atoms with Gasteiger partial charge in [-0.25, -0.2) is 0 Å². The molecule has 1 heterocycles. The first-order chi connectivity index (χ1) is 9.26. The summed E-state index contributed by atoms with van der Waals surface area (Å²) < 4.78 is 5.60. The minimum Gasteiger partial charge on any atom is -0.423 e. The Bertz CT molecular complexity index is 688. The van der Waals surface area contributed by atoms with Crippen molar-refractivity contribution in [3.8, 4) is 0 Å². The molecule has 0 aliphatic rings. The molecule has 4 heteroatoms.